The Labute approximate surface area is 428 Å². The lowest BCUT2D eigenvalue weighted by Gasteiger charge is -2.18. The van der Waals surface area contributed by atoms with Crippen LogP contribution in [-0.2, 0) is 28.6 Å². The predicted octanol–water partition coefficient (Wildman–Crippen LogP) is 20.0. The van der Waals surface area contributed by atoms with Crippen molar-refractivity contribution in [3.05, 3.63) is 60.8 Å². The average molecular weight is 966 g/mol. The number of carbonyl (C=O) groups is 3. The summed E-state index contributed by atoms with van der Waals surface area (Å²) in [5.41, 5.74) is 0. The van der Waals surface area contributed by atoms with Crippen LogP contribution >= 0.6 is 0 Å². The fourth-order valence-electron chi connectivity index (χ4n) is 8.60. The smallest absolute Gasteiger partial charge is 0.306 e. The molecule has 6 heteroatoms. The lowest BCUT2D eigenvalue weighted by molar-refractivity contribution is -0.167. The van der Waals surface area contributed by atoms with Gasteiger partial charge in [-0.25, -0.2) is 0 Å². The Bertz CT molecular complexity index is 1250. The van der Waals surface area contributed by atoms with Crippen molar-refractivity contribution in [1.29, 1.82) is 0 Å². The second kappa shape index (κ2) is 57.7. The predicted molar refractivity (Wildman–Crippen MR) is 298 cm³/mol. The van der Waals surface area contributed by atoms with Gasteiger partial charge in [0.05, 0.1) is 0 Å². The van der Waals surface area contributed by atoms with Crippen LogP contribution < -0.4 is 0 Å². The largest absolute Gasteiger partial charge is 0.462 e. The van der Waals surface area contributed by atoms with Crippen molar-refractivity contribution in [2.75, 3.05) is 13.2 Å². The molecule has 0 rings (SSSR count). The lowest BCUT2D eigenvalue weighted by atomic mass is 10.0. The summed E-state index contributed by atoms with van der Waals surface area (Å²) in [6.07, 6.45) is 72.2. The van der Waals surface area contributed by atoms with Crippen LogP contribution in [0.15, 0.2) is 60.8 Å². The molecule has 0 spiro atoms. The molecule has 0 aliphatic rings. The van der Waals surface area contributed by atoms with Crippen LogP contribution in [0.25, 0.3) is 0 Å². The molecular formula is C63H112O6. The van der Waals surface area contributed by atoms with Crippen molar-refractivity contribution in [1.82, 2.24) is 0 Å². The average Bonchev–Trinajstić information content (AvgIpc) is 3.35. The van der Waals surface area contributed by atoms with Crippen molar-refractivity contribution in [3.8, 4) is 0 Å². The van der Waals surface area contributed by atoms with Crippen molar-refractivity contribution < 1.29 is 28.6 Å². The van der Waals surface area contributed by atoms with E-state index in [1.54, 1.807) is 0 Å². The maximum atomic E-state index is 12.8. The quantitative estimate of drug-likeness (QED) is 0.0262. The van der Waals surface area contributed by atoms with E-state index in [0.29, 0.717) is 19.3 Å². The summed E-state index contributed by atoms with van der Waals surface area (Å²) >= 11 is 0. The van der Waals surface area contributed by atoms with E-state index in [1.165, 1.54) is 180 Å². The maximum Gasteiger partial charge on any atom is 0.306 e. The van der Waals surface area contributed by atoms with Gasteiger partial charge in [-0.15, -0.1) is 0 Å². The number of unbranched alkanes of at least 4 members (excludes halogenated alkanes) is 33. The van der Waals surface area contributed by atoms with Gasteiger partial charge in [-0.05, 0) is 57.8 Å². The summed E-state index contributed by atoms with van der Waals surface area (Å²) < 4.78 is 16.8. The minimum atomic E-state index is -0.801. The third kappa shape index (κ3) is 55.9. The number of rotatable bonds is 54. The van der Waals surface area contributed by atoms with Crippen LogP contribution in [0, 0.1) is 0 Å². The third-order valence-corrected chi connectivity index (χ3v) is 13.0. The van der Waals surface area contributed by atoms with E-state index in [9.17, 15) is 14.4 Å². The second-order valence-electron chi connectivity index (χ2n) is 19.9. The molecule has 0 N–H and O–H groups in total. The Morgan fingerprint density at radius 1 is 0.304 bits per heavy atom. The molecule has 0 amide bonds. The van der Waals surface area contributed by atoms with Gasteiger partial charge in [-0.1, -0.05) is 287 Å². The minimum Gasteiger partial charge on any atom is -0.462 e. The fourth-order valence-corrected chi connectivity index (χ4v) is 8.60. The van der Waals surface area contributed by atoms with E-state index in [4.69, 9.17) is 14.2 Å². The van der Waals surface area contributed by atoms with Gasteiger partial charge in [0.2, 0.25) is 0 Å². The molecule has 0 aliphatic heterocycles. The summed E-state index contributed by atoms with van der Waals surface area (Å²) in [7, 11) is 0. The highest BCUT2D eigenvalue weighted by Gasteiger charge is 2.19. The number of hydrogen-bond donors (Lipinski definition) is 0. The van der Waals surface area contributed by atoms with Crippen LogP contribution in [-0.4, -0.2) is 37.2 Å². The van der Waals surface area contributed by atoms with Crippen molar-refractivity contribution in [2.24, 2.45) is 0 Å². The molecular weight excluding hydrogens is 853 g/mol. The van der Waals surface area contributed by atoms with Crippen LogP contribution in [0.5, 0.6) is 0 Å². The van der Waals surface area contributed by atoms with E-state index in [-0.39, 0.29) is 37.5 Å². The number of allylic oxidation sites excluding steroid dienone is 10. The van der Waals surface area contributed by atoms with Gasteiger partial charge in [-0.2, -0.15) is 0 Å². The zero-order valence-electron chi connectivity index (χ0n) is 45.8. The van der Waals surface area contributed by atoms with Crippen LogP contribution in [0.3, 0.4) is 0 Å². The highest BCUT2D eigenvalue weighted by Crippen LogP contribution is 2.17. The summed E-state index contributed by atoms with van der Waals surface area (Å²) in [4.78, 5) is 38.2. The molecule has 400 valence electrons. The third-order valence-electron chi connectivity index (χ3n) is 13.0. The zero-order chi connectivity index (χ0) is 50.0. The topological polar surface area (TPSA) is 78.9 Å². The van der Waals surface area contributed by atoms with Crippen LogP contribution in [0.1, 0.15) is 303 Å². The monoisotopic (exact) mass is 965 g/mol. The highest BCUT2D eigenvalue weighted by molar-refractivity contribution is 5.71. The molecule has 0 saturated carbocycles. The van der Waals surface area contributed by atoms with Crippen LogP contribution in [0.4, 0.5) is 0 Å². The maximum absolute atomic E-state index is 12.8. The van der Waals surface area contributed by atoms with Gasteiger partial charge >= 0.3 is 17.9 Å². The molecule has 0 heterocycles. The van der Waals surface area contributed by atoms with Crippen LogP contribution in [0.2, 0.25) is 0 Å². The summed E-state index contributed by atoms with van der Waals surface area (Å²) in [5.74, 6) is -0.934. The van der Waals surface area contributed by atoms with E-state index in [1.807, 2.05) is 0 Å². The first-order chi connectivity index (χ1) is 34.0. The first kappa shape index (κ1) is 66.1. The SMILES string of the molecule is CC/C=C\C/C=C\C/C=C\C/C=C\C/C=C\CCCC(=O)O[C@H](COC(=O)CCCCCCCCCCCCCCCCC)COC(=O)CCCCCCCCCCCCCCCCCCCCC. The molecule has 0 saturated heterocycles. The van der Waals surface area contributed by atoms with E-state index in [2.05, 4.69) is 81.5 Å². The molecule has 1 atom stereocenters. The van der Waals surface area contributed by atoms with Gasteiger partial charge in [0.25, 0.3) is 0 Å². The van der Waals surface area contributed by atoms with Gasteiger partial charge in [-0.3, -0.25) is 14.4 Å². The zero-order valence-corrected chi connectivity index (χ0v) is 45.8. The number of carbonyl (C=O) groups excluding carboxylic acids is 3. The molecule has 0 radical (unpaired) electrons. The molecule has 0 bridgehead atoms. The van der Waals surface area contributed by atoms with E-state index >= 15 is 0 Å². The Balaban J connectivity index is 4.41. The normalized spacial score (nSPS) is 12.4. The van der Waals surface area contributed by atoms with Gasteiger partial charge in [0.15, 0.2) is 6.10 Å². The van der Waals surface area contributed by atoms with Gasteiger partial charge in [0.1, 0.15) is 13.2 Å². The Morgan fingerprint density at radius 3 is 0.870 bits per heavy atom. The number of esters is 3. The Hall–Kier alpha value is -2.89. The van der Waals surface area contributed by atoms with Crippen molar-refractivity contribution >= 4 is 17.9 Å². The molecule has 0 aliphatic carbocycles. The fraction of sp³-hybridized carbons (Fsp3) is 0.794. The Morgan fingerprint density at radius 2 is 0.565 bits per heavy atom. The molecule has 0 aromatic rings. The van der Waals surface area contributed by atoms with E-state index < -0.39 is 6.10 Å². The Kier molecular flexibility index (Phi) is 55.3. The second-order valence-corrected chi connectivity index (χ2v) is 19.9. The minimum absolute atomic E-state index is 0.0926. The highest BCUT2D eigenvalue weighted by atomic mass is 16.6. The van der Waals surface area contributed by atoms with Gasteiger partial charge < -0.3 is 14.2 Å². The summed E-state index contributed by atoms with van der Waals surface area (Å²) in [5, 5.41) is 0. The first-order valence-corrected chi connectivity index (χ1v) is 29.8. The molecule has 0 aromatic heterocycles. The lowest BCUT2D eigenvalue weighted by Crippen LogP contribution is -2.30. The molecule has 0 fully saturated rings. The summed E-state index contributed by atoms with van der Waals surface area (Å²) in [6.45, 7) is 6.52. The number of hydrogen-bond acceptors (Lipinski definition) is 6. The first-order valence-electron chi connectivity index (χ1n) is 29.8. The molecule has 6 nitrogen and oxygen atoms in total. The molecule has 0 aromatic carbocycles. The van der Waals surface area contributed by atoms with Crippen molar-refractivity contribution in [2.45, 2.75) is 309 Å². The molecule has 0 unspecified atom stereocenters. The summed E-state index contributed by atoms with van der Waals surface area (Å²) in [6, 6.07) is 0. The van der Waals surface area contributed by atoms with Gasteiger partial charge in [0, 0.05) is 19.3 Å². The number of ether oxygens (including phenoxy) is 3. The van der Waals surface area contributed by atoms with E-state index in [0.717, 1.165) is 77.0 Å². The standard InChI is InChI=1S/C63H112O6/c1-4-7-10-13-16-19-22-25-28-30-31-33-35-38-41-44-47-50-53-56-62(65)68-59-60(58-67-61(64)55-52-49-46-43-40-37-34-27-24-21-18-15-12-9-6-3)69-63(66)57-54-51-48-45-42-39-36-32-29-26-23-20-17-14-11-8-5-2/h8,11,17,20,26,29,36,39,45,48,60H,4-7,9-10,12-16,18-19,21-25,27-28,30-35,37-38,40-44,46-47,49-59H2,1-3H3/b11-8-,20-17-,29-26-,39-36-,48-45-/t60-/m1/s1. The van der Waals surface area contributed by atoms with Crippen molar-refractivity contribution in [3.63, 3.8) is 0 Å². The molecule has 69 heavy (non-hydrogen) atoms.